The fourth-order valence-corrected chi connectivity index (χ4v) is 3.34. The molecule has 0 aliphatic rings. The van der Waals surface area contributed by atoms with Crippen LogP contribution in [-0.2, 0) is 0 Å². The van der Waals surface area contributed by atoms with Gasteiger partial charge in [0.15, 0.2) is 5.78 Å². The number of benzene rings is 3. The molecule has 150 valence electrons. The molecule has 0 aliphatic carbocycles. The smallest absolute Gasteiger partial charge is 0.174 e. The zero-order valence-electron chi connectivity index (χ0n) is 17.1. The van der Waals surface area contributed by atoms with Crippen molar-refractivity contribution >= 4 is 5.78 Å². The fourth-order valence-electron chi connectivity index (χ4n) is 3.34. The average molecular weight is 389 g/mol. The van der Waals surface area contributed by atoms with Crippen LogP contribution in [0, 0.1) is 0 Å². The van der Waals surface area contributed by atoms with Gasteiger partial charge in [0, 0.05) is 16.7 Å². The van der Waals surface area contributed by atoms with Gasteiger partial charge in [-0.2, -0.15) is 0 Å². The Morgan fingerprint density at radius 2 is 1.14 bits per heavy atom. The zero-order chi connectivity index (χ0) is 20.5. The standard InChI is InChI=1S/C26H28O3/c1-3-18-28-23-16-10-8-14-21(23)25(26(27)20-12-6-5-7-13-20)22-15-9-11-17-24(22)29-19-4-2/h5-17,25H,3-4,18-19H2,1-2H3. The Kier molecular flexibility index (Phi) is 7.46. The van der Waals surface area contributed by atoms with Crippen molar-refractivity contribution in [2.24, 2.45) is 0 Å². The molecule has 3 rings (SSSR count). The van der Waals surface area contributed by atoms with Crippen molar-refractivity contribution in [3.05, 3.63) is 95.6 Å². The highest BCUT2D eigenvalue weighted by Gasteiger charge is 2.29. The molecule has 0 N–H and O–H groups in total. The van der Waals surface area contributed by atoms with Gasteiger partial charge in [0.2, 0.25) is 0 Å². The van der Waals surface area contributed by atoms with Crippen LogP contribution in [-0.4, -0.2) is 19.0 Å². The third-order valence-electron chi connectivity index (χ3n) is 4.70. The summed E-state index contributed by atoms with van der Waals surface area (Å²) in [6.07, 6.45) is 1.81. The highest BCUT2D eigenvalue weighted by atomic mass is 16.5. The summed E-state index contributed by atoms with van der Waals surface area (Å²) in [7, 11) is 0. The predicted molar refractivity (Wildman–Crippen MR) is 117 cm³/mol. The number of carbonyl (C=O) groups excluding carboxylic acids is 1. The van der Waals surface area contributed by atoms with E-state index in [4.69, 9.17) is 9.47 Å². The normalized spacial score (nSPS) is 10.7. The van der Waals surface area contributed by atoms with Crippen LogP contribution in [0.5, 0.6) is 11.5 Å². The first-order valence-electron chi connectivity index (χ1n) is 10.3. The Morgan fingerprint density at radius 1 is 0.690 bits per heavy atom. The summed E-state index contributed by atoms with van der Waals surface area (Å²) in [6, 6.07) is 25.0. The molecule has 0 aromatic heterocycles. The Bertz CT molecular complexity index is 867. The van der Waals surface area contributed by atoms with Gasteiger partial charge in [-0.1, -0.05) is 80.6 Å². The largest absolute Gasteiger partial charge is 0.493 e. The maximum Gasteiger partial charge on any atom is 0.174 e. The monoisotopic (exact) mass is 388 g/mol. The number of carbonyl (C=O) groups is 1. The Labute approximate surface area is 173 Å². The second-order valence-electron chi connectivity index (χ2n) is 6.94. The first-order valence-corrected chi connectivity index (χ1v) is 10.3. The predicted octanol–water partition coefficient (Wildman–Crippen LogP) is 6.28. The lowest BCUT2D eigenvalue weighted by atomic mass is 9.84. The summed E-state index contributed by atoms with van der Waals surface area (Å²) in [5, 5.41) is 0. The van der Waals surface area contributed by atoms with E-state index < -0.39 is 5.92 Å². The summed E-state index contributed by atoms with van der Waals surface area (Å²) < 4.78 is 12.0. The van der Waals surface area contributed by atoms with E-state index in [0.717, 1.165) is 35.5 Å². The van der Waals surface area contributed by atoms with Crippen molar-refractivity contribution in [1.29, 1.82) is 0 Å². The number of Topliss-reactive ketones (excluding diaryl/α,β-unsaturated/α-hetero) is 1. The van der Waals surface area contributed by atoms with Crippen LogP contribution < -0.4 is 9.47 Å². The number of ether oxygens (including phenoxy) is 2. The molecule has 0 saturated heterocycles. The molecular weight excluding hydrogens is 360 g/mol. The topological polar surface area (TPSA) is 35.5 Å². The maximum absolute atomic E-state index is 13.7. The van der Waals surface area contributed by atoms with Gasteiger partial charge in [-0.05, 0) is 25.0 Å². The first-order chi connectivity index (χ1) is 14.3. The molecule has 0 aliphatic heterocycles. The molecule has 3 aromatic rings. The third-order valence-corrected chi connectivity index (χ3v) is 4.70. The van der Waals surface area contributed by atoms with Crippen LogP contribution >= 0.6 is 0 Å². The van der Waals surface area contributed by atoms with E-state index in [1.807, 2.05) is 78.9 Å². The molecule has 0 atom stereocenters. The molecule has 0 heterocycles. The molecule has 3 nitrogen and oxygen atoms in total. The Balaban J connectivity index is 2.13. The SMILES string of the molecule is CCCOc1ccccc1C(C(=O)c1ccccc1)c1ccccc1OCCC. The van der Waals surface area contributed by atoms with E-state index in [2.05, 4.69) is 13.8 Å². The van der Waals surface area contributed by atoms with Gasteiger partial charge >= 0.3 is 0 Å². The summed E-state index contributed by atoms with van der Waals surface area (Å²) in [5.41, 5.74) is 2.40. The molecule has 0 amide bonds. The van der Waals surface area contributed by atoms with E-state index in [9.17, 15) is 4.79 Å². The second-order valence-corrected chi connectivity index (χ2v) is 6.94. The van der Waals surface area contributed by atoms with Crippen LogP contribution in [0.4, 0.5) is 0 Å². The molecule has 0 spiro atoms. The van der Waals surface area contributed by atoms with Crippen LogP contribution in [0.3, 0.4) is 0 Å². The third kappa shape index (κ3) is 5.05. The maximum atomic E-state index is 13.7. The molecular formula is C26H28O3. The Morgan fingerprint density at radius 3 is 1.62 bits per heavy atom. The minimum atomic E-state index is -0.501. The van der Waals surface area contributed by atoms with Crippen LogP contribution in [0.15, 0.2) is 78.9 Å². The summed E-state index contributed by atoms with van der Waals surface area (Å²) >= 11 is 0. The average Bonchev–Trinajstić information content (AvgIpc) is 2.78. The van der Waals surface area contributed by atoms with Gasteiger partial charge in [-0.25, -0.2) is 0 Å². The fraction of sp³-hybridized carbons (Fsp3) is 0.269. The van der Waals surface area contributed by atoms with Crippen LogP contribution in [0.2, 0.25) is 0 Å². The molecule has 0 unspecified atom stereocenters. The van der Waals surface area contributed by atoms with Gasteiger partial charge in [0.1, 0.15) is 11.5 Å². The second kappa shape index (κ2) is 10.5. The Hall–Kier alpha value is -3.07. The molecule has 0 fully saturated rings. The van der Waals surface area contributed by atoms with Crippen LogP contribution in [0.25, 0.3) is 0 Å². The van der Waals surface area contributed by atoms with E-state index in [1.165, 1.54) is 0 Å². The zero-order valence-corrected chi connectivity index (χ0v) is 17.1. The minimum Gasteiger partial charge on any atom is -0.493 e. The van der Waals surface area contributed by atoms with Crippen molar-refractivity contribution < 1.29 is 14.3 Å². The lowest BCUT2D eigenvalue weighted by Gasteiger charge is -2.22. The van der Waals surface area contributed by atoms with Crippen LogP contribution in [0.1, 0.15) is 54.1 Å². The van der Waals surface area contributed by atoms with Gasteiger partial charge in [0.05, 0.1) is 19.1 Å². The lowest BCUT2D eigenvalue weighted by molar-refractivity contribution is 0.0970. The van der Waals surface area contributed by atoms with E-state index >= 15 is 0 Å². The van der Waals surface area contributed by atoms with Crippen molar-refractivity contribution in [1.82, 2.24) is 0 Å². The number of para-hydroxylation sites is 2. The van der Waals surface area contributed by atoms with Gasteiger partial charge < -0.3 is 9.47 Å². The molecule has 0 bridgehead atoms. The van der Waals surface area contributed by atoms with Crippen molar-refractivity contribution in [2.75, 3.05) is 13.2 Å². The number of rotatable bonds is 10. The van der Waals surface area contributed by atoms with Gasteiger partial charge in [-0.15, -0.1) is 0 Å². The van der Waals surface area contributed by atoms with Crippen molar-refractivity contribution in [2.45, 2.75) is 32.6 Å². The van der Waals surface area contributed by atoms with Crippen molar-refractivity contribution in [3.8, 4) is 11.5 Å². The number of hydrogen-bond donors (Lipinski definition) is 0. The van der Waals surface area contributed by atoms with E-state index in [1.54, 1.807) is 0 Å². The molecule has 29 heavy (non-hydrogen) atoms. The number of hydrogen-bond acceptors (Lipinski definition) is 3. The lowest BCUT2D eigenvalue weighted by Crippen LogP contribution is -2.17. The molecule has 3 aromatic carbocycles. The molecule has 0 radical (unpaired) electrons. The van der Waals surface area contributed by atoms with Gasteiger partial charge in [0.25, 0.3) is 0 Å². The number of ketones is 1. The molecule has 0 saturated carbocycles. The highest BCUT2D eigenvalue weighted by molar-refractivity contribution is 6.03. The molecule has 3 heteroatoms. The first kappa shape index (κ1) is 20.7. The van der Waals surface area contributed by atoms with Crippen molar-refractivity contribution in [3.63, 3.8) is 0 Å². The van der Waals surface area contributed by atoms with E-state index in [-0.39, 0.29) is 5.78 Å². The summed E-state index contributed by atoms with van der Waals surface area (Å²) in [6.45, 7) is 5.36. The van der Waals surface area contributed by atoms with E-state index in [0.29, 0.717) is 18.8 Å². The minimum absolute atomic E-state index is 0.0331. The summed E-state index contributed by atoms with van der Waals surface area (Å²) in [5.74, 6) is 1.02. The van der Waals surface area contributed by atoms with Gasteiger partial charge in [-0.3, -0.25) is 4.79 Å². The highest BCUT2D eigenvalue weighted by Crippen LogP contribution is 2.38. The quantitative estimate of drug-likeness (QED) is 0.384. The summed E-state index contributed by atoms with van der Waals surface area (Å²) in [4.78, 5) is 13.7.